The van der Waals surface area contributed by atoms with Gasteiger partial charge in [0.2, 0.25) is 0 Å². The van der Waals surface area contributed by atoms with Crippen LogP contribution in [-0.2, 0) is 23.9 Å². The van der Waals surface area contributed by atoms with Crippen molar-refractivity contribution in [3.05, 3.63) is 11.6 Å². The number of hydrogen-bond donors (Lipinski definition) is 2. The summed E-state index contributed by atoms with van der Waals surface area (Å²) < 4.78 is 5.90. The Balaban J connectivity index is 1.62. The first-order valence-electron chi connectivity index (χ1n) is 15.7. The number of allylic oxidation sites excluding steroid dienone is 2. The van der Waals surface area contributed by atoms with Gasteiger partial charge in [0.25, 0.3) is 0 Å². The van der Waals surface area contributed by atoms with E-state index in [0.717, 1.165) is 38.5 Å². The summed E-state index contributed by atoms with van der Waals surface area (Å²) in [4.78, 5) is 49.3. The molecule has 4 aliphatic carbocycles. The molecular formula is C34H52O7. The number of carboxylic acid groups (broad SMARTS) is 2. The van der Waals surface area contributed by atoms with E-state index in [4.69, 9.17) is 9.84 Å². The van der Waals surface area contributed by atoms with Crippen LogP contribution < -0.4 is 0 Å². The molecule has 41 heavy (non-hydrogen) atoms. The summed E-state index contributed by atoms with van der Waals surface area (Å²) >= 11 is 0. The number of carbonyl (C=O) groups excluding carboxylic acids is 2. The zero-order chi connectivity index (χ0) is 30.8. The maximum Gasteiger partial charge on any atom is 0.306 e. The van der Waals surface area contributed by atoms with Crippen molar-refractivity contribution < 1.29 is 34.1 Å². The van der Waals surface area contributed by atoms with Crippen LogP contribution in [0.2, 0.25) is 0 Å². The summed E-state index contributed by atoms with van der Waals surface area (Å²) in [5, 5.41) is 18.4. The van der Waals surface area contributed by atoms with Crippen LogP contribution >= 0.6 is 0 Å². The van der Waals surface area contributed by atoms with Gasteiger partial charge in [0, 0.05) is 11.3 Å². The number of carbonyl (C=O) groups is 4. The van der Waals surface area contributed by atoms with E-state index in [9.17, 15) is 24.3 Å². The number of fused-ring (bicyclic) bond motifs is 5. The lowest BCUT2D eigenvalue weighted by Crippen LogP contribution is -2.66. The first-order chi connectivity index (χ1) is 18.8. The van der Waals surface area contributed by atoms with Gasteiger partial charge in [-0.2, -0.15) is 0 Å². The van der Waals surface area contributed by atoms with E-state index in [1.54, 1.807) is 6.92 Å². The molecule has 3 fully saturated rings. The molecule has 9 atom stereocenters. The molecule has 3 saturated carbocycles. The number of ether oxygens (including phenoxy) is 1. The Labute approximate surface area is 245 Å². The van der Waals surface area contributed by atoms with Crippen LogP contribution in [0.5, 0.6) is 0 Å². The van der Waals surface area contributed by atoms with Gasteiger partial charge in [-0.1, -0.05) is 61.0 Å². The lowest BCUT2D eigenvalue weighted by atomic mass is 9.34. The van der Waals surface area contributed by atoms with Crippen LogP contribution in [0.4, 0.5) is 0 Å². The fourth-order valence-corrected chi connectivity index (χ4v) is 10.2. The predicted molar refractivity (Wildman–Crippen MR) is 156 cm³/mol. The van der Waals surface area contributed by atoms with Crippen molar-refractivity contribution in [1.82, 2.24) is 0 Å². The smallest absolute Gasteiger partial charge is 0.306 e. The molecule has 0 bridgehead atoms. The van der Waals surface area contributed by atoms with E-state index >= 15 is 0 Å². The number of rotatable bonds is 8. The summed E-state index contributed by atoms with van der Waals surface area (Å²) in [5.41, 5.74) is 0.358. The van der Waals surface area contributed by atoms with E-state index in [-0.39, 0.29) is 75.5 Å². The third-order valence-corrected chi connectivity index (χ3v) is 13.3. The van der Waals surface area contributed by atoms with Crippen molar-refractivity contribution >= 4 is 23.7 Å². The molecule has 4 aliphatic rings. The van der Waals surface area contributed by atoms with Gasteiger partial charge in [-0.05, 0) is 90.9 Å². The molecule has 7 nitrogen and oxygen atoms in total. The molecule has 0 aromatic heterocycles. The lowest BCUT2D eigenvalue weighted by Gasteiger charge is -2.69. The van der Waals surface area contributed by atoms with Crippen molar-refractivity contribution in [3.8, 4) is 0 Å². The van der Waals surface area contributed by atoms with E-state index in [1.807, 2.05) is 6.08 Å². The Morgan fingerprint density at radius 3 is 2.24 bits per heavy atom. The molecule has 0 saturated heterocycles. The van der Waals surface area contributed by atoms with Gasteiger partial charge >= 0.3 is 17.9 Å². The Hall–Kier alpha value is -2.18. The second kappa shape index (κ2) is 10.5. The summed E-state index contributed by atoms with van der Waals surface area (Å²) in [6.07, 6.45) is 8.19. The molecule has 0 spiro atoms. The highest BCUT2D eigenvalue weighted by Gasteiger charge is 2.69. The molecule has 7 heteroatoms. The van der Waals surface area contributed by atoms with Gasteiger partial charge in [0.15, 0.2) is 5.78 Å². The standard InChI is InChI=1S/C34H52O7/c1-20(29(39)40)11-14-31(5)17-18-33(7)22(21(31)2)19-23(35)28-32(6)15-13-25(41-27(38)10-9-26(36)37)30(3,4)24(32)12-16-34(28,33)8/h19-21,24-25,28H,9-18H2,1-8H3,(H,36,37)(H,39,40)/t20-,21-,24-,25-,28+,31+,32-,33+,34+/m0/s1. The number of carboxylic acids is 2. The monoisotopic (exact) mass is 572 g/mol. The molecular weight excluding hydrogens is 520 g/mol. The van der Waals surface area contributed by atoms with Crippen molar-refractivity contribution in [2.45, 2.75) is 126 Å². The molecule has 0 aromatic carbocycles. The third-order valence-electron chi connectivity index (χ3n) is 13.3. The molecule has 0 radical (unpaired) electrons. The lowest BCUT2D eigenvalue weighted by molar-refractivity contribution is -0.209. The zero-order valence-corrected chi connectivity index (χ0v) is 26.5. The van der Waals surface area contributed by atoms with Gasteiger partial charge in [-0.3, -0.25) is 19.2 Å². The summed E-state index contributed by atoms with van der Waals surface area (Å²) in [6, 6.07) is 0. The molecule has 0 aliphatic heterocycles. The second-order valence-corrected chi connectivity index (χ2v) is 15.7. The highest BCUT2D eigenvalue weighted by molar-refractivity contribution is 5.95. The van der Waals surface area contributed by atoms with Crippen LogP contribution in [0.25, 0.3) is 0 Å². The highest BCUT2D eigenvalue weighted by atomic mass is 16.5. The summed E-state index contributed by atoms with van der Waals surface area (Å²) in [7, 11) is 0. The quantitative estimate of drug-likeness (QED) is 0.299. The Bertz CT molecular complexity index is 1140. The van der Waals surface area contributed by atoms with Crippen molar-refractivity contribution in [2.24, 2.45) is 50.7 Å². The molecule has 0 heterocycles. The minimum Gasteiger partial charge on any atom is -0.481 e. The topological polar surface area (TPSA) is 118 Å². The van der Waals surface area contributed by atoms with E-state index in [0.29, 0.717) is 12.8 Å². The largest absolute Gasteiger partial charge is 0.481 e. The first-order valence-corrected chi connectivity index (χ1v) is 15.7. The van der Waals surface area contributed by atoms with E-state index < -0.39 is 17.9 Å². The van der Waals surface area contributed by atoms with E-state index in [1.165, 1.54) is 5.57 Å². The van der Waals surface area contributed by atoms with Crippen LogP contribution in [0.15, 0.2) is 11.6 Å². The summed E-state index contributed by atoms with van der Waals surface area (Å²) in [6.45, 7) is 17.7. The average molecular weight is 573 g/mol. The Kier molecular flexibility index (Phi) is 8.14. The molecule has 0 amide bonds. The number of hydrogen-bond acceptors (Lipinski definition) is 5. The fourth-order valence-electron chi connectivity index (χ4n) is 10.2. The normalized spacial score (nSPS) is 42.1. The van der Waals surface area contributed by atoms with Crippen molar-refractivity contribution in [2.75, 3.05) is 0 Å². The molecule has 2 N–H and O–H groups in total. The highest BCUT2D eigenvalue weighted by Crippen LogP contribution is 2.74. The average Bonchev–Trinajstić information content (AvgIpc) is 2.87. The predicted octanol–water partition coefficient (Wildman–Crippen LogP) is 7.07. The maximum absolute atomic E-state index is 14.3. The minimum atomic E-state index is -1.01. The van der Waals surface area contributed by atoms with Crippen LogP contribution in [0.1, 0.15) is 120 Å². The number of aliphatic carboxylic acids is 2. The molecule has 4 rings (SSSR count). The van der Waals surface area contributed by atoms with Crippen LogP contribution in [0, 0.1) is 50.7 Å². The van der Waals surface area contributed by atoms with Gasteiger partial charge in [0.05, 0.1) is 18.8 Å². The first kappa shape index (κ1) is 31.7. The van der Waals surface area contributed by atoms with E-state index in [2.05, 4.69) is 48.5 Å². The molecule has 0 aromatic rings. The summed E-state index contributed by atoms with van der Waals surface area (Å²) in [5.74, 6) is -2.07. The van der Waals surface area contributed by atoms with Crippen LogP contribution in [0.3, 0.4) is 0 Å². The van der Waals surface area contributed by atoms with Crippen LogP contribution in [-0.4, -0.2) is 40.0 Å². The maximum atomic E-state index is 14.3. The van der Waals surface area contributed by atoms with Crippen molar-refractivity contribution in [1.29, 1.82) is 0 Å². The number of ketones is 1. The zero-order valence-electron chi connectivity index (χ0n) is 26.5. The van der Waals surface area contributed by atoms with Gasteiger partial charge in [0.1, 0.15) is 6.10 Å². The minimum absolute atomic E-state index is 0.0375. The SMILES string of the molecule is C[C@@H](CC[C@]1(C)CC[C@]2(C)C(=CC(=O)[C@@H]3[C@@]4(C)CC[C@H](OC(=O)CCC(=O)O)C(C)(C)[C@@H]4CC[C@]32C)[C@@H]1C)C(=O)O. The van der Waals surface area contributed by atoms with Gasteiger partial charge < -0.3 is 14.9 Å². The second-order valence-electron chi connectivity index (χ2n) is 15.7. The fraction of sp³-hybridized carbons (Fsp3) is 0.824. The Morgan fingerprint density at radius 1 is 0.976 bits per heavy atom. The molecule has 0 unspecified atom stereocenters. The van der Waals surface area contributed by atoms with Gasteiger partial charge in [-0.25, -0.2) is 0 Å². The Morgan fingerprint density at radius 2 is 1.63 bits per heavy atom. The molecule has 230 valence electrons. The van der Waals surface area contributed by atoms with Crippen molar-refractivity contribution in [3.63, 3.8) is 0 Å². The number of esters is 1. The van der Waals surface area contributed by atoms with Gasteiger partial charge in [-0.15, -0.1) is 0 Å². The third kappa shape index (κ3) is 4.97.